The highest BCUT2D eigenvalue weighted by Crippen LogP contribution is 2.12. The van der Waals surface area contributed by atoms with Crippen molar-refractivity contribution in [1.29, 1.82) is 0 Å². The van der Waals surface area contributed by atoms with Crippen molar-refractivity contribution in [2.45, 2.75) is 26.3 Å². The summed E-state index contributed by atoms with van der Waals surface area (Å²) in [7, 11) is 0. The fraction of sp³-hybridized carbons (Fsp3) is 0.533. The Kier molecular flexibility index (Phi) is 7.56. The van der Waals surface area contributed by atoms with Gasteiger partial charge in [0.05, 0.1) is 0 Å². The van der Waals surface area contributed by atoms with E-state index in [0.29, 0.717) is 18.2 Å². The number of nitrogens with zero attached hydrogens (tertiary/aromatic N) is 2. The van der Waals surface area contributed by atoms with E-state index in [2.05, 4.69) is 23.9 Å². The zero-order valence-electron chi connectivity index (χ0n) is 12.7. The van der Waals surface area contributed by atoms with E-state index in [4.69, 9.17) is 20.8 Å². The number of amidine groups is 1. The lowest BCUT2D eigenvalue weighted by Crippen LogP contribution is -2.35. The number of nitrogens with two attached hydrogens (primary N) is 1. The van der Waals surface area contributed by atoms with Crippen molar-refractivity contribution in [2.24, 2.45) is 10.9 Å². The van der Waals surface area contributed by atoms with Crippen molar-refractivity contribution in [2.75, 3.05) is 26.3 Å². The molecular formula is C15H25N3O3. The van der Waals surface area contributed by atoms with Gasteiger partial charge in [-0.15, -0.1) is 0 Å². The van der Waals surface area contributed by atoms with Gasteiger partial charge in [0.25, 0.3) is 0 Å². The van der Waals surface area contributed by atoms with Crippen LogP contribution in [0.5, 0.6) is 5.75 Å². The van der Waals surface area contributed by atoms with Crippen LogP contribution in [0.1, 0.15) is 25.8 Å². The quantitative estimate of drug-likeness (QED) is 0.276. The van der Waals surface area contributed by atoms with E-state index in [0.717, 1.165) is 25.3 Å². The van der Waals surface area contributed by atoms with E-state index >= 15 is 0 Å². The van der Waals surface area contributed by atoms with Crippen LogP contribution < -0.4 is 10.5 Å². The molecule has 0 fully saturated rings. The largest absolute Gasteiger partial charge is 0.492 e. The van der Waals surface area contributed by atoms with Gasteiger partial charge >= 0.3 is 0 Å². The minimum atomic E-state index is 0.0801. The highest BCUT2D eigenvalue weighted by molar-refractivity contribution is 5.97. The molecule has 0 aliphatic rings. The zero-order chi connectivity index (χ0) is 15.7. The number of hydrogen-bond donors (Lipinski definition) is 3. The highest BCUT2D eigenvalue weighted by atomic mass is 16.5. The second kappa shape index (κ2) is 9.20. The molecule has 0 radical (unpaired) electrons. The van der Waals surface area contributed by atoms with Crippen LogP contribution in [0, 0.1) is 0 Å². The molecule has 1 rings (SSSR count). The summed E-state index contributed by atoms with van der Waals surface area (Å²) >= 11 is 0. The van der Waals surface area contributed by atoms with Crippen LogP contribution in [0.3, 0.4) is 0 Å². The van der Waals surface area contributed by atoms with E-state index < -0.39 is 0 Å². The molecule has 0 heterocycles. The lowest BCUT2D eigenvalue weighted by atomic mass is 10.2. The Morgan fingerprint density at radius 2 is 1.95 bits per heavy atom. The molecule has 0 atom stereocenters. The molecule has 0 unspecified atom stereocenters. The van der Waals surface area contributed by atoms with Crippen LogP contribution >= 0.6 is 0 Å². The minimum absolute atomic E-state index is 0.0801. The Balaban J connectivity index is 2.44. The van der Waals surface area contributed by atoms with Crippen LogP contribution in [0.25, 0.3) is 0 Å². The van der Waals surface area contributed by atoms with Gasteiger partial charge in [0.1, 0.15) is 12.4 Å². The monoisotopic (exact) mass is 295 g/mol. The molecule has 0 bridgehead atoms. The third kappa shape index (κ3) is 6.01. The third-order valence-corrected chi connectivity index (χ3v) is 3.24. The molecule has 1 aromatic rings. The Morgan fingerprint density at radius 1 is 1.29 bits per heavy atom. The molecule has 0 amide bonds. The molecule has 6 heteroatoms. The van der Waals surface area contributed by atoms with E-state index in [9.17, 15) is 0 Å². The SMILES string of the molecule is CC(C)N(CCCO)CCOc1ccc(C(N)=NO)cc1. The van der Waals surface area contributed by atoms with Crippen LogP contribution in [0.4, 0.5) is 0 Å². The fourth-order valence-electron chi connectivity index (χ4n) is 1.96. The first-order valence-electron chi connectivity index (χ1n) is 7.14. The molecule has 4 N–H and O–H groups in total. The second-order valence-electron chi connectivity index (χ2n) is 5.06. The first-order chi connectivity index (χ1) is 10.1. The maximum atomic E-state index is 8.90. The fourth-order valence-corrected chi connectivity index (χ4v) is 1.96. The second-order valence-corrected chi connectivity index (χ2v) is 5.06. The highest BCUT2D eigenvalue weighted by Gasteiger charge is 2.08. The number of oxime groups is 1. The molecule has 118 valence electrons. The Hall–Kier alpha value is -1.79. The van der Waals surface area contributed by atoms with Crippen molar-refractivity contribution >= 4 is 5.84 Å². The Bertz CT molecular complexity index is 432. The molecule has 6 nitrogen and oxygen atoms in total. The summed E-state index contributed by atoms with van der Waals surface area (Å²) in [5, 5.41) is 20.4. The molecule has 0 saturated heterocycles. The van der Waals surface area contributed by atoms with Gasteiger partial charge in [-0.1, -0.05) is 5.16 Å². The summed E-state index contributed by atoms with van der Waals surface area (Å²) in [5.74, 6) is 0.826. The van der Waals surface area contributed by atoms with Gasteiger partial charge in [-0.05, 0) is 44.5 Å². The van der Waals surface area contributed by atoms with E-state index in [1.807, 2.05) is 0 Å². The van der Waals surface area contributed by atoms with Crippen LogP contribution in [0.15, 0.2) is 29.4 Å². The summed E-state index contributed by atoms with van der Waals surface area (Å²) in [4.78, 5) is 2.26. The number of hydrogen-bond acceptors (Lipinski definition) is 5. The molecule has 0 aliphatic heterocycles. The van der Waals surface area contributed by atoms with E-state index in [1.54, 1.807) is 24.3 Å². The van der Waals surface area contributed by atoms with E-state index in [-0.39, 0.29) is 12.4 Å². The van der Waals surface area contributed by atoms with Gasteiger partial charge in [0.15, 0.2) is 5.84 Å². The summed E-state index contributed by atoms with van der Waals surface area (Å²) in [6, 6.07) is 7.50. The van der Waals surface area contributed by atoms with Gasteiger partial charge < -0.3 is 20.8 Å². The maximum Gasteiger partial charge on any atom is 0.170 e. The van der Waals surface area contributed by atoms with Crippen molar-refractivity contribution in [3.8, 4) is 5.75 Å². The van der Waals surface area contributed by atoms with Crippen LogP contribution in [-0.4, -0.2) is 53.4 Å². The van der Waals surface area contributed by atoms with Crippen LogP contribution in [0.2, 0.25) is 0 Å². The molecule has 21 heavy (non-hydrogen) atoms. The maximum absolute atomic E-state index is 8.90. The average molecular weight is 295 g/mol. The number of aliphatic hydroxyl groups is 1. The smallest absolute Gasteiger partial charge is 0.170 e. The standard InChI is InChI=1S/C15H25N3O3/c1-12(2)18(8-3-10-19)9-11-21-14-6-4-13(5-7-14)15(16)17-20/h4-7,12,19-20H,3,8-11H2,1-2H3,(H2,16,17). The molecule has 0 aliphatic carbocycles. The third-order valence-electron chi connectivity index (χ3n) is 3.24. The lowest BCUT2D eigenvalue weighted by molar-refractivity contribution is 0.160. The first-order valence-corrected chi connectivity index (χ1v) is 7.14. The van der Waals surface area contributed by atoms with Crippen molar-refractivity contribution < 1.29 is 15.1 Å². The van der Waals surface area contributed by atoms with Crippen molar-refractivity contribution in [3.05, 3.63) is 29.8 Å². The predicted octanol–water partition coefficient (Wildman–Crippen LogP) is 1.25. The summed E-state index contributed by atoms with van der Waals surface area (Å²) < 4.78 is 5.69. The van der Waals surface area contributed by atoms with Gasteiger partial charge in [0, 0.05) is 31.3 Å². The zero-order valence-corrected chi connectivity index (χ0v) is 12.7. The predicted molar refractivity (Wildman–Crippen MR) is 82.9 cm³/mol. The average Bonchev–Trinajstić information content (AvgIpc) is 2.50. The number of aliphatic hydroxyl groups excluding tert-OH is 1. The number of ether oxygens (including phenoxy) is 1. The summed E-state index contributed by atoms with van der Waals surface area (Å²) in [6.07, 6.45) is 0.770. The number of benzene rings is 1. The molecule has 0 aromatic heterocycles. The lowest BCUT2D eigenvalue weighted by Gasteiger charge is -2.26. The molecule has 1 aromatic carbocycles. The van der Waals surface area contributed by atoms with Gasteiger partial charge in [-0.25, -0.2) is 0 Å². The number of rotatable bonds is 9. The topological polar surface area (TPSA) is 91.3 Å². The van der Waals surface area contributed by atoms with Crippen LogP contribution in [-0.2, 0) is 0 Å². The Morgan fingerprint density at radius 3 is 2.48 bits per heavy atom. The minimum Gasteiger partial charge on any atom is -0.492 e. The van der Waals surface area contributed by atoms with Crippen molar-refractivity contribution in [3.63, 3.8) is 0 Å². The first kappa shape index (κ1) is 17.3. The van der Waals surface area contributed by atoms with Crippen molar-refractivity contribution in [1.82, 2.24) is 4.90 Å². The normalized spacial score (nSPS) is 12.1. The Labute approximate surface area is 125 Å². The van der Waals surface area contributed by atoms with Gasteiger partial charge in [0.2, 0.25) is 0 Å². The molecule has 0 saturated carbocycles. The van der Waals surface area contributed by atoms with E-state index in [1.165, 1.54) is 0 Å². The van der Waals surface area contributed by atoms with Gasteiger partial charge in [-0.2, -0.15) is 0 Å². The summed E-state index contributed by atoms with van der Waals surface area (Å²) in [5.41, 5.74) is 6.15. The van der Waals surface area contributed by atoms with Gasteiger partial charge in [-0.3, -0.25) is 4.90 Å². The molecular weight excluding hydrogens is 270 g/mol. The molecule has 0 spiro atoms. The summed E-state index contributed by atoms with van der Waals surface area (Å²) in [6.45, 7) is 6.71.